The molecule has 6 heteroatoms. The topological polar surface area (TPSA) is 62.3 Å². The van der Waals surface area contributed by atoms with E-state index in [-0.39, 0.29) is 29.7 Å². The molecular formula is C13H19N3O2S. The fourth-order valence-electron chi connectivity index (χ4n) is 2.15. The molecular weight excluding hydrogens is 262 g/mol. The number of likely N-dealkylation sites (tertiary alicyclic amines) is 1. The Morgan fingerprint density at radius 1 is 1.53 bits per heavy atom. The zero-order valence-electron chi connectivity index (χ0n) is 11.7. The molecule has 1 N–H and O–H groups in total. The first kappa shape index (κ1) is 14.0. The number of aromatic nitrogens is 1. The van der Waals surface area contributed by atoms with Gasteiger partial charge in [0.2, 0.25) is 11.8 Å². The molecule has 0 saturated carbocycles. The maximum absolute atomic E-state index is 12.1. The predicted octanol–water partition coefficient (Wildman–Crippen LogP) is 2.04. The number of rotatable bonds is 2. The summed E-state index contributed by atoms with van der Waals surface area (Å²) in [6, 6.07) is 0. The van der Waals surface area contributed by atoms with Crippen LogP contribution in [0, 0.1) is 12.8 Å². The van der Waals surface area contributed by atoms with Gasteiger partial charge in [-0.2, -0.15) is 0 Å². The van der Waals surface area contributed by atoms with E-state index in [4.69, 9.17) is 0 Å². The Morgan fingerprint density at radius 2 is 2.21 bits per heavy atom. The van der Waals surface area contributed by atoms with Gasteiger partial charge in [-0.15, -0.1) is 11.3 Å². The van der Waals surface area contributed by atoms with Gasteiger partial charge in [0.15, 0.2) is 5.13 Å². The van der Waals surface area contributed by atoms with E-state index >= 15 is 0 Å². The number of hydrogen-bond acceptors (Lipinski definition) is 4. The fourth-order valence-corrected chi connectivity index (χ4v) is 2.84. The summed E-state index contributed by atoms with van der Waals surface area (Å²) in [5.74, 6) is -0.353. The van der Waals surface area contributed by atoms with E-state index in [1.54, 1.807) is 4.90 Å². The fraction of sp³-hybridized carbons (Fsp3) is 0.615. The van der Waals surface area contributed by atoms with Gasteiger partial charge in [0.25, 0.3) is 0 Å². The number of anilines is 1. The Bertz CT molecular complexity index is 504. The van der Waals surface area contributed by atoms with Crippen LogP contribution in [0.1, 0.15) is 32.9 Å². The van der Waals surface area contributed by atoms with Crippen molar-refractivity contribution in [3.63, 3.8) is 0 Å². The lowest BCUT2D eigenvalue weighted by Gasteiger charge is -2.31. The highest BCUT2D eigenvalue weighted by Gasteiger charge is 2.39. The third kappa shape index (κ3) is 3.12. The lowest BCUT2D eigenvalue weighted by atomic mass is 10.1. The van der Waals surface area contributed by atoms with Crippen molar-refractivity contribution < 1.29 is 9.59 Å². The van der Waals surface area contributed by atoms with Crippen LogP contribution in [-0.2, 0) is 9.59 Å². The van der Waals surface area contributed by atoms with Crippen molar-refractivity contribution in [3.05, 3.63) is 11.1 Å². The first-order chi connectivity index (χ1) is 8.77. The number of hydrogen-bond donors (Lipinski definition) is 1. The van der Waals surface area contributed by atoms with E-state index in [2.05, 4.69) is 10.3 Å². The summed E-state index contributed by atoms with van der Waals surface area (Å²) in [6.07, 6.45) is 0.285. The molecule has 1 aliphatic rings. The number of nitrogens with one attached hydrogen (secondary N) is 1. The van der Waals surface area contributed by atoms with Gasteiger partial charge in [0.1, 0.15) is 0 Å². The molecule has 19 heavy (non-hydrogen) atoms. The summed E-state index contributed by atoms with van der Waals surface area (Å²) in [7, 11) is 0. The number of nitrogens with zero attached hydrogens (tertiary/aromatic N) is 2. The highest BCUT2D eigenvalue weighted by atomic mass is 32.1. The minimum atomic E-state index is -0.282. The third-order valence-corrected chi connectivity index (χ3v) is 4.03. The van der Waals surface area contributed by atoms with Gasteiger partial charge in [-0.25, -0.2) is 4.98 Å². The van der Waals surface area contributed by atoms with Gasteiger partial charge in [-0.3, -0.25) is 9.59 Å². The zero-order valence-corrected chi connectivity index (χ0v) is 12.5. The molecule has 1 fully saturated rings. The Labute approximate surface area is 117 Å². The maximum atomic E-state index is 12.1. The van der Waals surface area contributed by atoms with E-state index in [1.165, 1.54) is 11.3 Å². The van der Waals surface area contributed by atoms with Crippen molar-refractivity contribution in [1.82, 2.24) is 9.88 Å². The van der Waals surface area contributed by atoms with Gasteiger partial charge in [0.05, 0.1) is 11.6 Å². The zero-order chi connectivity index (χ0) is 14.2. The quantitative estimate of drug-likeness (QED) is 0.902. The van der Waals surface area contributed by atoms with Crippen molar-refractivity contribution in [1.29, 1.82) is 0 Å². The third-order valence-electron chi connectivity index (χ3n) is 3.15. The second-order valence-electron chi connectivity index (χ2n) is 5.86. The standard InChI is InChI=1S/C13H19N3O2S/c1-8-7-19-12(14-8)15-11(18)9-5-10(17)16(6-9)13(2,3)4/h7,9H,5-6H2,1-4H3,(H,14,15,18). The monoisotopic (exact) mass is 281 g/mol. The minimum Gasteiger partial charge on any atom is -0.337 e. The Balaban J connectivity index is 2.00. The first-order valence-corrected chi connectivity index (χ1v) is 7.19. The van der Waals surface area contributed by atoms with Crippen molar-refractivity contribution in [2.75, 3.05) is 11.9 Å². The van der Waals surface area contributed by atoms with E-state index in [0.717, 1.165) is 5.69 Å². The van der Waals surface area contributed by atoms with Crippen LogP contribution in [0.3, 0.4) is 0 Å². The van der Waals surface area contributed by atoms with Crippen molar-refractivity contribution >= 4 is 28.3 Å². The van der Waals surface area contributed by atoms with Crippen LogP contribution in [0.2, 0.25) is 0 Å². The van der Waals surface area contributed by atoms with Crippen LogP contribution in [0.25, 0.3) is 0 Å². The number of aryl methyl sites for hydroxylation is 1. The van der Waals surface area contributed by atoms with Crippen molar-refractivity contribution in [2.24, 2.45) is 5.92 Å². The highest BCUT2D eigenvalue weighted by Crippen LogP contribution is 2.27. The summed E-state index contributed by atoms with van der Waals surface area (Å²) in [5, 5.41) is 5.27. The lowest BCUT2D eigenvalue weighted by Crippen LogP contribution is -2.42. The largest absolute Gasteiger partial charge is 0.337 e. The number of thiazole rings is 1. The van der Waals surface area contributed by atoms with Crippen LogP contribution < -0.4 is 5.32 Å². The predicted molar refractivity (Wildman–Crippen MR) is 75.1 cm³/mol. The van der Waals surface area contributed by atoms with E-state index < -0.39 is 0 Å². The maximum Gasteiger partial charge on any atom is 0.231 e. The van der Waals surface area contributed by atoms with Crippen LogP contribution in [0.5, 0.6) is 0 Å². The minimum absolute atomic E-state index is 0.0444. The molecule has 1 aliphatic heterocycles. The number of carbonyl (C=O) groups is 2. The summed E-state index contributed by atoms with van der Waals surface area (Å²) >= 11 is 1.40. The molecule has 1 unspecified atom stereocenters. The molecule has 0 bridgehead atoms. The number of carbonyl (C=O) groups excluding carboxylic acids is 2. The van der Waals surface area contributed by atoms with Gasteiger partial charge < -0.3 is 10.2 Å². The van der Waals surface area contributed by atoms with Gasteiger partial charge in [-0.05, 0) is 27.7 Å². The van der Waals surface area contributed by atoms with Crippen LogP contribution >= 0.6 is 11.3 Å². The lowest BCUT2D eigenvalue weighted by molar-refractivity contribution is -0.131. The highest BCUT2D eigenvalue weighted by molar-refractivity contribution is 7.13. The first-order valence-electron chi connectivity index (χ1n) is 6.31. The molecule has 2 amide bonds. The Hall–Kier alpha value is -1.43. The second kappa shape index (κ2) is 4.92. The molecule has 2 heterocycles. The molecule has 104 valence electrons. The second-order valence-corrected chi connectivity index (χ2v) is 6.72. The van der Waals surface area contributed by atoms with E-state index in [1.807, 2.05) is 33.1 Å². The van der Waals surface area contributed by atoms with Crippen molar-refractivity contribution in [3.8, 4) is 0 Å². The van der Waals surface area contributed by atoms with Crippen LogP contribution in [-0.4, -0.2) is 33.8 Å². The molecule has 2 rings (SSSR count). The average molecular weight is 281 g/mol. The Morgan fingerprint density at radius 3 is 2.68 bits per heavy atom. The summed E-state index contributed by atoms with van der Waals surface area (Å²) < 4.78 is 0. The van der Waals surface area contributed by atoms with Gasteiger partial charge in [-0.1, -0.05) is 0 Å². The summed E-state index contributed by atoms with van der Waals surface area (Å²) in [6.45, 7) is 8.31. The van der Waals surface area contributed by atoms with E-state index in [9.17, 15) is 9.59 Å². The molecule has 1 aromatic heterocycles. The number of amides is 2. The molecule has 1 aromatic rings. The van der Waals surface area contributed by atoms with Crippen LogP contribution in [0.4, 0.5) is 5.13 Å². The summed E-state index contributed by atoms with van der Waals surface area (Å²) in [4.78, 5) is 30.0. The summed E-state index contributed by atoms with van der Waals surface area (Å²) in [5.41, 5.74) is 0.656. The molecule has 1 saturated heterocycles. The van der Waals surface area contributed by atoms with Gasteiger partial charge in [0, 0.05) is 23.9 Å². The van der Waals surface area contributed by atoms with E-state index in [0.29, 0.717) is 11.7 Å². The normalized spacial score (nSPS) is 19.9. The molecule has 0 radical (unpaired) electrons. The van der Waals surface area contributed by atoms with Crippen molar-refractivity contribution in [2.45, 2.75) is 39.7 Å². The molecule has 5 nitrogen and oxygen atoms in total. The Kier molecular flexibility index (Phi) is 3.62. The molecule has 0 aliphatic carbocycles. The molecule has 1 atom stereocenters. The molecule has 0 spiro atoms. The molecule has 0 aromatic carbocycles. The van der Waals surface area contributed by atoms with Gasteiger partial charge >= 0.3 is 0 Å². The van der Waals surface area contributed by atoms with Crippen LogP contribution in [0.15, 0.2) is 5.38 Å². The smallest absolute Gasteiger partial charge is 0.231 e. The SMILES string of the molecule is Cc1csc(NC(=O)C2CC(=O)N(C(C)(C)C)C2)n1. The average Bonchev–Trinajstić information content (AvgIpc) is 2.84.